The van der Waals surface area contributed by atoms with Crippen molar-refractivity contribution in [1.82, 2.24) is 9.55 Å². The summed E-state index contributed by atoms with van der Waals surface area (Å²) in [6.45, 7) is -4.96. The summed E-state index contributed by atoms with van der Waals surface area (Å²) in [5.41, 5.74) is -0.211. The van der Waals surface area contributed by atoms with Gasteiger partial charge in [0.2, 0.25) is 0 Å². The Kier molecular flexibility index (Phi) is 1.80. The third-order valence-electron chi connectivity index (χ3n) is 2.12. The van der Waals surface area contributed by atoms with Gasteiger partial charge < -0.3 is 17.5 Å². The van der Waals surface area contributed by atoms with Gasteiger partial charge in [0.25, 0.3) is 0 Å². The Morgan fingerprint density at radius 3 is 2.71 bits per heavy atom. The van der Waals surface area contributed by atoms with Crippen LogP contribution in [0.5, 0.6) is 0 Å². The number of pyridine rings is 1. The number of rotatable bonds is 1. The minimum absolute atomic E-state index is 0.169. The highest BCUT2D eigenvalue weighted by Gasteiger charge is 2.29. The molecule has 74 valence electrons. The first-order valence-corrected chi connectivity index (χ1v) is 4.10. The molecule has 0 radical (unpaired) electrons. The van der Waals surface area contributed by atoms with Crippen LogP contribution in [0.1, 0.15) is 0 Å². The lowest BCUT2D eigenvalue weighted by Crippen LogP contribution is -2.33. The van der Waals surface area contributed by atoms with Crippen LogP contribution >= 0.6 is 0 Å². The predicted molar refractivity (Wildman–Crippen MR) is 49.4 cm³/mol. The zero-order chi connectivity index (χ0) is 10.3. The molecule has 14 heavy (non-hydrogen) atoms. The lowest BCUT2D eigenvalue weighted by Gasteiger charge is -2.12. The normalized spacial score (nSPS) is 12.3. The molecule has 0 unspecified atom stereocenters. The van der Waals surface area contributed by atoms with E-state index in [9.17, 15) is 12.9 Å². The highest BCUT2D eigenvalue weighted by atomic mass is 19.4. The van der Waals surface area contributed by atoms with Crippen molar-refractivity contribution in [2.75, 3.05) is 0 Å². The Bertz CT molecular complexity index is 475. The molecule has 0 saturated heterocycles. The Morgan fingerprint density at radius 1 is 1.36 bits per heavy atom. The van der Waals surface area contributed by atoms with Crippen LogP contribution in [0, 0.1) is 0 Å². The van der Waals surface area contributed by atoms with Gasteiger partial charge in [-0.2, -0.15) is 0 Å². The van der Waals surface area contributed by atoms with E-state index in [-0.39, 0.29) is 5.39 Å². The molecule has 0 spiro atoms. The molecule has 2 nitrogen and oxygen atoms in total. The third-order valence-corrected chi connectivity index (χ3v) is 2.12. The molecule has 0 saturated carbocycles. The quantitative estimate of drug-likeness (QED) is 0.638. The maximum absolute atomic E-state index is 12.6. The zero-order valence-corrected chi connectivity index (χ0v) is 7.42. The second-order valence-electron chi connectivity index (χ2n) is 3.14. The highest BCUT2D eigenvalue weighted by molar-refractivity contribution is 6.76. The van der Waals surface area contributed by atoms with E-state index in [1.165, 1.54) is 22.9 Å². The molecule has 0 aromatic carbocycles. The largest absolute Gasteiger partial charge is 0.511 e. The Balaban J connectivity index is 2.80. The standard InChI is InChI=1S/C8H7BF3N2/c1-14-5-7(9(10,11)12)6-3-2-4-13-8(6)14/h2-5H,1H3/q-1. The van der Waals surface area contributed by atoms with Gasteiger partial charge >= 0.3 is 6.98 Å². The van der Waals surface area contributed by atoms with Crippen LogP contribution in [0.25, 0.3) is 11.0 Å². The molecule has 2 aromatic rings. The fraction of sp³-hybridized carbons (Fsp3) is 0.125. The molecule has 0 aliphatic rings. The van der Waals surface area contributed by atoms with Crippen LogP contribution in [0.2, 0.25) is 0 Å². The van der Waals surface area contributed by atoms with Gasteiger partial charge in [-0.05, 0) is 17.6 Å². The Morgan fingerprint density at radius 2 is 2.07 bits per heavy atom. The van der Waals surface area contributed by atoms with E-state index in [2.05, 4.69) is 4.98 Å². The van der Waals surface area contributed by atoms with Crippen molar-refractivity contribution in [2.24, 2.45) is 7.05 Å². The van der Waals surface area contributed by atoms with E-state index in [0.717, 1.165) is 6.20 Å². The minimum Gasteiger partial charge on any atom is -0.445 e. The summed E-state index contributed by atoms with van der Waals surface area (Å²) in [5, 5.41) is 0.169. The molecule has 2 aromatic heterocycles. The molecular weight excluding hydrogens is 192 g/mol. The zero-order valence-electron chi connectivity index (χ0n) is 7.42. The van der Waals surface area contributed by atoms with Crippen LogP contribution in [0.4, 0.5) is 12.9 Å². The molecule has 0 N–H and O–H groups in total. The Labute approximate surface area is 78.4 Å². The molecule has 0 aliphatic carbocycles. The summed E-state index contributed by atoms with van der Waals surface area (Å²) < 4.78 is 39.0. The fourth-order valence-electron chi connectivity index (χ4n) is 1.50. The first-order valence-electron chi connectivity index (χ1n) is 4.10. The summed E-state index contributed by atoms with van der Waals surface area (Å²) in [6.07, 6.45) is 2.56. The van der Waals surface area contributed by atoms with Gasteiger partial charge in [-0.3, -0.25) is 0 Å². The average molecular weight is 199 g/mol. The van der Waals surface area contributed by atoms with E-state index in [1.54, 1.807) is 7.05 Å². The van der Waals surface area contributed by atoms with Crippen molar-refractivity contribution in [3.05, 3.63) is 24.5 Å². The van der Waals surface area contributed by atoms with Crippen molar-refractivity contribution in [3.8, 4) is 0 Å². The van der Waals surface area contributed by atoms with Crippen molar-refractivity contribution < 1.29 is 12.9 Å². The first kappa shape index (κ1) is 9.11. The number of aromatic nitrogens is 2. The van der Waals surface area contributed by atoms with E-state index >= 15 is 0 Å². The number of aryl methyl sites for hydroxylation is 1. The molecule has 2 rings (SSSR count). The minimum atomic E-state index is -4.96. The van der Waals surface area contributed by atoms with Crippen molar-refractivity contribution in [3.63, 3.8) is 0 Å². The van der Waals surface area contributed by atoms with Gasteiger partial charge in [0.05, 0.1) is 0 Å². The molecule has 6 heteroatoms. The van der Waals surface area contributed by atoms with Crippen molar-refractivity contribution in [2.45, 2.75) is 0 Å². The maximum atomic E-state index is 12.6. The Hall–Kier alpha value is -1.46. The summed E-state index contributed by atoms with van der Waals surface area (Å²) in [4.78, 5) is 3.89. The first-order chi connectivity index (χ1) is 6.50. The van der Waals surface area contributed by atoms with Crippen molar-refractivity contribution in [1.29, 1.82) is 0 Å². The molecule has 0 amide bonds. The number of hydrogen-bond donors (Lipinski definition) is 0. The van der Waals surface area contributed by atoms with E-state index in [4.69, 9.17) is 0 Å². The lowest BCUT2D eigenvalue weighted by molar-refractivity contribution is 0.501. The van der Waals surface area contributed by atoms with Crippen LogP contribution < -0.4 is 5.46 Å². The van der Waals surface area contributed by atoms with E-state index in [0.29, 0.717) is 5.65 Å². The molecule has 0 aliphatic heterocycles. The van der Waals surface area contributed by atoms with Gasteiger partial charge in [-0.1, -0.05) is 11.5 Å². The van der Waals surface area contributed by atoms with Gasteiger partial charge in [-0.15, -0.1) is 0 Å². The number of halogens is 3. The molecule has 2 heterocycles. The maximum Gasteiger partial charge on any atom is 0.511 e. The van der Waals surface area contributed by atoms with Gasteiger partial charge in [-0.25, -0.2) is 4.98 Å². The van der Waals surface area contributed by atoms with Crippen LogP contribution in [0.15, 0.2) is 24.5 Å². The van der Waals surface area contributed by atoms with Crippen LogP contribution in [0.3, 0.4) is 0 Å². The summed E-state index contributed by atoms with van der Waals surface area (Å²) in [6, 6.07) is 2.94. The topological polar surface area (TPSA) is 17.8 Å². The van der Waals surface area contributed by atoms with Gasteiger partial charge in [0, 0.05) is 13.2 Å². The smallest absolute Gasteiger partial charge is 0.445 e. The number of fused-ring (bicyclic) bond motifs is 1. The van der Waals surface area contributed by atoms with Gasteiger partial charge in [0.15, 0.2) is 0 Å². The van der Waals surface area contributed by atoms with E-state index in [1.807, 2.05) is 0 Å². The predicted octanol–water partition coefficient (Wildman–Crippen LogP) is 1.63. The summed E-state index contributed by atoms with van der Waals surface area (Å²) in [5.74, 6) is 0. The third kappa shape index (κ3) is 1.27. The van der Waals surface area contributed by atoms with Crippen LogP contribution in [-0.4, -0.2) is 16.5 Å². The average Bonchev–Trinajstić information content (AvgIpc) is 2.44. The fourth-order valence-corrected chi connectivity index (χ4v) is 1.50. The van der Waals surface area contributed by atoms with Gasteiger partial charge in [0.1, 0.15) is 5.65 Å². The molecule has 0 bridgehead atoms. The second kappa shape index (κ2) is 2.77. The highest BCUT2D eigenvalue weighted by Crippen LogP contribution is 2.17. The number of nitrogens with zero attached hydrogens (tertiary/aromatic N) is 2. The van der Waals surface area contributed by atoms with Crippen LogP contribution in [-0.2, 0) is 7.05 Å². The summed E-state index contributed by atoms with van der Waals surface area (Å²) in [7, 11) is 1.56. The summed E-state index contributed by atoms with van der Waals surface area (Å²) >= 11 is 0. The van der Waals surface area contributed by atoms with E-state index < -0.39 is 12.4 Å². The molecular formula is C8H7BF3N2-. The monoisotopic (exact) mass is 199 g/mol. The van der Waals surface area contributed by atoms with Crippen molar-refractivity contribution >= 4 is 23.5 Å². The lowest BCUT2D eigenvalue weighted by atomic mass is 9.80. The SMILES string of the molecule is Cn1cc([B-](F)(F)F)c2cccnc21. The molecule has 0 fully saturated rings. The molecule has 0 atom stereocenters. The second-order valence-corrected chi connectivity index (χ2v) is 3.14. The number of hydrogen-bond acceptors (Lipinski definition) is 1.